The van der Waals surface area contributed by atoms with Gasteiger partial charge in [0.1, 0.15) is 0 Å². The van der Waals surface area contributed by atoms with E-state index in [0.29, 0.717) is 13.0 Å². The Labute approximate surface area is 120 Å². The monoisotopic (exact) mass is 282 g/mol. The Bertz CT molecular complexity index is 364. The van der Waals surface area contributed by atoms with Crippen LogP contribution in [0.25, 0.3) is 0 Å². The smallest absolute Gasteiger partial charge is 0.308 e. The highest BCUT2D eigenvalue weighted by Crippen LogP contribution is 2.38. The number of carboxylic acid groups (broad SMARTS) is 1. The molecule has 0 bridgehead atoms. The maximum absolute atomic E-state index is 12.6. The van der Waals surface area contributed by atoms with Crippen molar-refractivity contribution in [2.45, 2.75) is 63.8 Å². The van der Waals surface area contributed by atoms with Crippen molar-refractivity contribution in [2.24, 2.45) is 17.1 Å². The molecule has 2 rings (SSSR count). The summed E-state index contributed by atoms with van der Waals surface area (Å²) in [6, 6.07) is -0.230. The maximum atomic E-state index is 12.6. The van der Waals surface area contributed by atoms with Crippen molar-refractivity contribution in [3.63, 3.8) is 0 Å². The standard InChI is InChI=1S/C15H26N2O3/c16-10-15(8-4-5-9-15)14(20)17-12-7-3-1-2-6-11(12)13(18)19/h11-12H,1-10,16H2,(H,17,20)(H,18,19). The number of aliphatic carboxylic acids is 1. The van der Waals surface area contributed by atoms with Gasteiger partial charge in [-0.2, -0.15) is 0 Å². The van der Waals surface area contributed by atoms with Crippen LogP contribution in [0.3, 0.4) is 0 Å². The lowest BCUT2D eigenvalue weighted by molar-refractivity contribution is -0.143. The maximum Gasteiger partial charge on any atom is 0.308 e. The lowest BCUT2D eigenvalue weighted by Crippen LogP contribution is -2.51. The molecule has 5 nitrogen and oxygen atoms in total. The van der Waals surface area contributed by atoms with Gasteiger partial charge in [-0.05, 0) is 25.7 Å². The molecule has 2 aliphatic rings. The van der Waals surface area contributed by atoms with Crippen molar-refractivity contribution in [2.75, 3.05) is 6.54 Å². The topological polar surface area (TPSA) is 92.4 Å². The summed E-state index contributed by atoms with van der Waals surface area (Å²) in [4.78, 5) is 24.0. The summed E-state index contributed by atoms with van der Waals surface area (Å²) in [6.45, 7) is 0.364. The molecule has 2 fully saturated rings. The van der Waals surface area contributed by atoms with Gasteiger partial charge in [-0.25, -0.2) is 0 Å². The first kappa shape index (κ1) is 15.3. The molecule has 4 N–H and O–H groups in total. The first-order valence-corrected chi connectivity index (χ1v) is 7.83. The quantitative estimate of drug-likeness (QED) is 0.684. The number of carbonyl (C=O) groups is 2. The van der Waals surface area contributed by atoms with Crippen LogP contribution in [0, 0.1) is 11.3 Å². The average molecular weight is 282 g/mol. The van der Waals surface area contributed by atoms with Gasteiger partial charge in [0, 0.05) is 12.6 Å². The number of carboxylic acids is 1. The zero-order valence-corrected chi connectivity index (χ0v) is 12.1. The summed E-state index contributed by atoms with van der Waals surface area (Å²) in [5.74, 6) is -1.25. The molecule has 0 heterocycles. The molecule has 5 heteroatoms. The lowest BCUT2D eigenvalue weighted by Gasteiger charge is -2.30. The molecular formula is C15H26N2O3. The van der Waals surface area contributed by atoms with E-state index < -0.39 is 17.3 Å². The third kappa shape index (κ3) is 3.14. The minimum absolute atomic E-state index is 0.0179. The second-order valence-electron chi connectivity index (χ2n) is 6.35. The number of hydrogen-bond acceptors (Lipinski definition) is 3. The van der Waals surface area contributed by atoms with Crippen molar-refractivity contribution in [3.05, 3.63) is 0 Å². The Morgan fingerprint density at radius 2 is 1.75 bits per heavy atom. The average Bonchev–Trinajstić information content (AvgIpc) is 2.80. The van der Waals surface area contributed by atoms with E-state index >= 15 is 0 Å². The fourth-order valence-electron chi connectivity index (χ4n) is 3.67. The second kappa shape index (κ2) is 6.57. The Hall–Kier alpha value is -1.10. The van der Waals surface area contributed by atoms with Gasteiger partial charge in [0.15, 0.2) is 0 Å². The Kier molecular flexibility index (Phi) is 5.02. The van der Waals surface area contributed by atoms with Gasteiger partial charge in [0.25, 0.3) is 0 Å². The van der Waals surface area contributed by atoms with E-state index in [1.807, 2.05) is 0 Å². The van der Waals surface area contributed by atoms with Gasteiger partial charge in [0.2, 0.25) is 5.91 Å². The molecule has 0 radical (unpaired) electrons. The van der Waals surface area contributed by atoms with Crippen LogP contribution in [-0.2, 0) is 9.59 Å². The number of nitrogens with two attached hydrogens (primary N) is 1. The van der Waals surface area contributed by atoms with E-state index in [2.05, 4.69) is 5.32 Å². The van der Waals surface area contributed by atoms with Gasteiger partial charge in [-0.15, -0.1) is 0 Å². The lowest BCUT2D eigenvalue weighted by atomic mass is 9.84. The second-order valence-corrected chi connectivity index (χ2v) is 6.35. The van der Waals surface area contributed by atoms with Crippen molar-refractivity contribution in [3.8, 4) is 0 Å². The first-order chi connectivity index (χ1) is 9.59. The third-order valence-electron chi connectivity index (χ3n) is 5.08. The molecule has 2 saturated carbocycles. The van der Waals surface area contributed by atoms with E-state index in [1.54, 1.807) is 0 Å². The summed E-state index contributed by atoms with van der Waals surface area (Å²) < 4.78 is 0. The van der Waals surface area contributed by atoms with Crippen LogP contribution in [0.4, 0.5) is 0 Å². The number of rotatable bonds is 4. The first-order valence-electron chi connectivity index (χ1n) is 7.83. The molecule has 0 aromatic heterocycles. The summed E-state index contributed by atoms with van der Waals surface area (Å²) in [6.07, 6.45) is 8.15. The van der Waals surface area contributed by atoms with Crippen LogP contribution in [-0.4, -0.2) is 29.6 Å². The van der Waals surface area contributed by atoms with Gasteiger partial charge < -0.3 is 16.2 Å². The summed E-state index contributed by atoms with van der Waals surface area (Å²) in [5.41, 5.74) is 5.37. The van der Waals surface area contributed by atoms with E-state index in [-0.39, 0.29) is 11.9 Å². The summed E-state index contributed by atoms with van der Waals surface area (Å²) in [5, 5.41) is 12.4. The van der Waals surface area contributed by atoms with E-state index in [4.69, 9.17) is 5.73 Å². The number of carbonyl (C=O) groups excluding carboxylic acids is 1. The molecular weight excluding hydrogens is 256 g/mol. The fraction of sp³-hybridized carbons (Fsp3) is 0.867. The van der Waals surface area contributed by atoms with E-state index in [1.165, 1.54) is 0 Å². The highest BCUT2D eigenvalue weighted by Gasteiger charge is 2.42. The van der Waals surface area contributed by atoms with Crippen LogP contribution >= 0.6 is 0 Å². The van der Waals surface area contributed by atoms with Gasteiger partial charge >= 0.3 is 5.97 Å². The van der Waals surface area contributed by atoms with Crippen molar-refractivity contribution < 1.29 is 14.7 Å². The molecule has 0 saturated heterocycles. The molecule has 0 aliphatic heterocycles. The number of amides is 1. The Balaban J connectivity index is 2.05. The largest absolute Gasteiger partial charge is 0.481 e. The third-order valence-corrected chi connectivity index (χ3v) is 5.08. The minimum Gasteiger partial charge on any atom is -0.481 e. The molecule has 0 aromatic rings. The Morgan fingerprint density at radius 3 is 2.35 bits per heavy atom. The van der Waals surface area contributed by atoms with Crippen molar-refractivity contribution in [1.29, 1.82) is 0 Å². The number of nitrogens with one attached hydrogen (secondary N) is 1. The summed E-state index contributed by atoms with van der Waals surface area (Å²) >= 11 is 0. The Morgan fingerprint density at radius 1 is 1.10 bits per heavy atom. The molecule has 0 aromatic carbocycles. The fourth-order valence-corrected chi connectivity index (χ4v) is 3.67. The zero-order chi connectivity index (χ0) is 14.6. The molecule has 114 valence electrons. The molecule has 2 aliphatic carbocycles. The number of hydrogen-bond donors (Lipinski definition) is 3. The van der Waals surface area contributed by atoms with Crippen LogP contribution in [0.5, 0.6) is 0 Å². The van der Waals surface area contributed by atoms with Crippen LogP contribution in [0.15, 0.2) is 0 Å². The van der Waals surface area contributed by atoms with E-state index in [9.17, 15) is 14.7 Å². The summed E-state index contributed by atoms with van der Waals surface area (Å²) in [7, 11) is 0. The van der Waals surface area contributed by atoms with Crippen molar-refractivity contribution >= 4 is 11.9 Å². The van der Waals surface area contributed by atoms with Crippen molar-refractivity contribution in [1.82, 2.24) is 5.32 Å². The van der Waals surface area contributed by atoms with Crippen LogP contribution in [0.2, 0.25) is 0 Å². The van der Waals surface area contributed by atoms with Gasteiger partial charge in [-0.1, -0.05) is 32.1 Å². The van der Waals surface area contributed by atoms with Gasteiger partial charge in [-0.3, -0.25) is 9.59 Å². The molecule has 1 amide bonds. The molecule has 0 spiro atoms. The molecule has 2 atom stereocenters. The highest BCUT2D eigenvalue weighted by atomic mass is 16.4. The zero-order valence-electron chi connectivity index (χ0n) is 12.1. The predicted molar refractivity (Wildman–Crippen MR) is 76.1 cm³/mol. The van der Waals surface area contributed by atoms with E-state index in [0.717, 1.165) is 51.4 Å². The normalized spacial score (nSPS) is 29.6. The predicted octanol–water partition coefficient (Wildman–Crippen LogP) is 1.66. The van der Waals surface area contributed by atoms with Crippen LogP contribution in [0.1, 0.15) is 57.8 Å². The van der Waals surface area contributed by atoms with Gasteiger partial charge in [0.05, 0.1) is 11.3 Å². The minimum atomic E-state index is -0.787. The molecule has 2 unspecified atom stereocenters. The molecule has 20 heavy (non-hydrogen) atoms. The van der Waals surface area contributed by atoms with Crippen LogP contribution < -0.4 is 11.1 Å². The SMILES string of the molecule is NCC1(C(=O)NC2CCCCCC2C(=O)O)CCCC1. The highest BCUT2D eigenvalue weighted by molar-refractivity contribution is 5.84.